The molecule has 3 rings (SSSR count). The van der Waals surface area contributed by atoms with Crippen LogP contribution in [-0.2, 0) is 14.3 Å². The minimum atomic E-state index is -0.779. The molecule has 1 aliphatic rings. The molecule has 0 aromatic heterocycles. The van der Waals surface area contributed by atoms with E-state index >= 15 is 0 Å². The first-order chi connectivity index (χ1) is 13.4. The second kappa shape index (κ2) is 8.40. The van der Waals surface area contributed by atoms with Crippen LogP contribution in [0.15, 0.2) is 42.5 Å². The van der Waals surface area contributed by atoms with Crippen molar-refractivity contribution in [2.45, 2.75) is 0 Å². The Labute approximate surface area is 163 Å². The van der Waals surface area contributed by atoms with Crippen molar-refractivity contribution in [2.24, 2.45) is 0 Å². The van der Waals surface area contributed by atoms with Crippen LogP contribution in [0.2, 0.25) is 5.02 Å². The fraction of sp³-hybridized carbons (Fsp3) is 0.111. The fourth-order valence-corrected chi connectivity index (χ4v) is 2.48. The van der Waals surface area contributed by atoms with E-state index in [4.69, 9.17) is 25.8 Å². The second-order valence-electron chi connectivity index (χ2n) is 5.53. The summed E-state index contributed by atoms with van der Waals surface area (Å²) in [7, 11) is 0. The van der Waals surface area contributed by atoms with Gasteiger partial charge in [-0.25, -0.2) is 4.79 Å². The number of benzene rings is 2. The van der Waals surface area contributed by atoms with E-state index in [0.717, 1.165) is 6.08 Å². The molecule has 2 aromatic carbocycles. The van der Waals surface area contributed by atoms with Gasteiger partial charge in [-0.1, -0.05) is 17.7 Å². The van der Waals surface area contributed by atoms with E-state index in [-0.39, 0.29) is 17.5 Å². The number of fused-ring (bicyclic) bond motifs is 1. The number of nitrogens with one attached hydrogen (secondary N) is 1. The highest BCUT2D eigenvalue weighted by Crippen LogP contribution is 2.34. The molecule has 1 heterocycles. The lowest BCUT2D eigenvalue weighted by Gasteiger charge is -2.06. The number of nitrogens with zero attached hydrogens (tertiary/aromatic N) is 1. The number of halogens is 1. The molecule has 10 heteroatoms. The summed E-state index contributed by atoms with van der Waals surface area (Å²) in [5.41, 5.74) is 0.576. The van der Waals surface area contributed by atoms with Crippen molar-refractivity contribution in [2.75, 3.05) is 18.7 Å². The van der Waals surface area contributed by atoms with Crippen LogP contribution in [0, 0.1) is 10.1 Å². The predicted octanol–water partition coefficient (Wildman–Crippen LogP) is 3.17. The van der Waals surface area contributed by atoms with Crippen LogP contribution in [0.25, 0.3) is 6.08 Å². The van der Waals surface area contributed by atoms with E-state index in [9.17, 15) is 19.7 Å². The Kier molecular flexibility index (Phi) is 5.75. The van der Waals surface area contributed by atoms with Crippen molar-refractivity contribution in [1.82, 2.24) is 0 Å². The smallest absolute Gasteiger partial charge is 0.331 e. The van der Waals surface area contributed by atoms with E-state index in [1.54, 1.807) is 18.2 Å². The lowest BCUT2D eigenvalue weighted by atomic mass is 10.2. The summed E-state index contributed by atoms with van der Waals surface area (Å²) in [6.07, 6.45) is 2.38. The fourth-order valence-electron chi connectivity index (χ4n) is 2.29. The zero-order valence-corrected chi connectivity index (χ0v) is 15.0. The molecule has 0 aliphatic carbocycles. The van der Waals surface area contributed by atoms with Crippen molar-refractivity contribution in [3.05, 3.63) is 63.2 Å². The van der Waals surface area contributed by atoms with Crippen LogP contribution in [0.5, 0.6) is 11.5 Å². The van der Waals surface area contributed by atoms with Crippen LogP contribution in [-0.4, -0.2) is 30.2 Å². The van der Waals surface area contributed by atoms with E-state index in [2.05, 4.69) is 5.32 Å². The molecule has 144 valence electrons. The normalized spacial score (nSPS) is 12.0. The molecule has 1 amide bonds. The van der Waals surface area contributed by atoms with Crippen molar-refractivity contribution in [1.29, 1.82) is 0 Å². The number of hydrogen-bond acceptors (Lipinski definition) is 7. The zero-order chi connectivity index (χ0) is 20.1. The highest BCUT2D eigenvalue weighted by molar-refractivity contribution is 6.32. The minimum absolute atomic E-state index is 0.00934. The summed E-state index contributed by atoms with van der Waals surface area (Å²) < 4.78 is 15.2. The van der Waals surface area contributed by atoms with Gasteiger partial charge in [0, 0.05) is 23.9 Å². The second-order valence-corrected chi connectivity index (χ2v) is 5.93. The minimum Gasteiger partial charge on any atom is -0.454 e. The third-order valence-corrected chi connectivity index (χ3v) is 3.90. The highest BCUT2D eigenvalue weighted by Gasteiger charge is 2.15. The van der Waals surface area contributed by atoms with Gasteiger partial charge in [0.15, 0.2) is 18.1 Å². The first-order valence-corrected chi connectivity index (χ1v) is 8.28. The first kappa shape index (κ1) is 19.2. The van der Waals surface area contributed by atoms with E-state index < -0.39 is 23.4 Å². The maximum Gasteiger partial charge on any atom is 0.331 e. The van der Waals surface area contributed by atoms with Gasteiger partial charge in [-0.2, -0.15) is 0 Å². The van der Waals surface area contributed by atoms with E-state index in [1.165, 1.54) is 24.3 Å². The number of rotatable bonds is 6. The quantitative estimate of drug-likeness (QED) is 0.340. The monoisotopic (exact) mass is 404 g/mol. The van der Waals surface area contributed by atoms with Crippen LogP contribution in [0.4, 0.5) is 11.4 Å². The molecule has 0 unspecified atom stereocenters. The number of nitro groups is 1. The van der Waals surface area contributed by atoms with Crippen LogP contribution >= 0.6 is 11.6 Å². The Morgan fingerprint density at radius 3 is 2.79 bits per heavy atom. The maximum atomic E-state index is 11.9. The molecular formula is C18H13ClN2O7. The third kappa shape index (κ3) is 4.77. The van der Waals surface area contributed by atoms with Crippen molar-refractivity contribution in [3.8, 4) is 11.5 Å². The van der Waals surface area contributed by atoms with Crippen molar-refractivity contribution < 1.29 is 28.7 Å². The molecule has 0 spiro atoms. The zero-order valence-electron chi connectivity index (χ0n) is 14.2. The summed E-state index contributed by atoms with van der Waals surface area (Å²) in [5, 5.41) is 13.4. The predicted molar refractivity (Wildman–Crippen MR) is 99.3 cm³/mol. The van der Waals surface area contributed by atoms with E-state index in [1.807, 2.05) is 0 Å². The Morgan fingerprint density at radius 1 is 1.21 bits per heavy atom. The topological polar surface area (TPSA) is 117 Å². The van der Waals surface area contributed by atoms with Crippen LogP contribution in [0.1, 0.15) is 5.56 Å². The average molecular weight is 405 g/mol. The van der Waals surface area contributed by atoms with Crippen LogP contribution in [0.3, 0.4) is 0 Å². The summed E-state index contributed by atoms with van der Waals surface area (Å²) in [5.74, 6) is -0.229. The van der Waals surface area contributed by atoms with Gasteiger partial charge in [0.05, 0.1) is 4.92 Å². The van der Waals surface area contributed by atoms with Gasteiger partial charge in [0.2, 0.25) is 6.79 Å². The lowest BCUT2D eigenvalue weighted by Crippen LogP contribution is -2.20. The maximum absolute atomic E-state index is 11.9. The van der Waals surface area contributed by atoms with Crippen molar-refractivity contribution >= 4 is 40.9 Å². The molecule has 28 heavy (non-hydrogen) atoms. The standard InChI is InChI=1S/C18H13ClN2O7/c19-13-4-1-11(7-14(13)21(24)25)2-6-18(23)26-9-17(22)20-12-3-5-15-16(8-12)28-10-27-15/h1-8H,9-10H2,(H,20,22)/b6-2+. The molecule has 0 atom stereocenters. The largest absolute Gasteiger partial charge is 0.454 e. The SMILES string of the molecule is O=C(COC(=O)/C=C/c1ccc(Cl)c([N+](=O)[O-])c1)Nc1ccc2c(c1)OCO2. The van der Waals surface area contributed by atoms with Gasteiger partial charge in [0.1, 0.15) is 5.02 Å². The molecular weight excluding hydrogens is 392 g/mol. The number of nitro benzene ring substituents is 1. The number of esters is 1. The molecule has 0 saturated carbocycles. The number of carbonyl (C=O) groups is 2. The molecule has 1 N–H and O–H groups in total. The Bertz CT molecular complexity index is 974. The number of anilines is 1. The lowest BCUT2D eigenvalue weighted by molar-refractivity contribution is -0.384. The molecule has 0 radical (unpaired) electrons. The third-order valence-electron chi connectivity index (χ3n) is 3.58. The van der Waals surface area contributed by atoms with Gasteiger partial charge in [-0.15, -0.1) is 0 Å². The summed E-state index contributed by atoms with van der Waals surface area (Å²) in [6.45, 7) is -0.383. The van der Waals surface area contributed by atoms with Crippen molar-refractivity contribution in [3.63, 3.8) is 0 Å². The molecule has 9 nitrogen and oxygen atoms in total. The molecule has 2 aromatic rings. The molecule has 0 saturated heterocycles. The summed E-state index contributed by atoms with van der Waals surface area (Å²) in [6, 6.07) is 8.95. The van der Waals surface area contributed by atoms with Gasteiger partial charge < -0.3 is 19.5 Å². The highest BCUT2D eigenvalue weighted by atomic mass is 35.5. The Morgan fingerprint density at radius 2 is 2.00 bits per heavy atom. The average Bonchev–Trinajstić information content (AvgIpc) is 3.13. The molecule has 0 bridgehead atoms. The van der Waals surface area contributed by atoms with E-state index in [0.29, 0.717) is 22.7 Å². The number of ether oxygens (including phenoxy) is 3. The summed E-state index contributed by atoms with van der Waals surface area (Å²) in [4.78, 5) is 33.8. The Balaban J connectivity index is 1.51. The van der Waals surface area contributed by atoms with Gasteiger partial charge in [-0.3, -0.25) is 14.9 Å². The number of carbonyl (C=O) groups excluding carboxylic acids is 2. The molecule has 0 fully saturated rings. The molecule has 1 aliphatic heterocycles. The number of hydrogen-bond donors (Lipinski definition) is 1. The number of amides is 1. The first-order valence-electron chi connectivity index (χ1n) is 7.90. The van der Waals surface area contributed by atoms with Gasteiger partial charge in [0.25, 0.3) is 11.6 Å². The van der Waals surface area contributed by atoms with Crippen LogP contribution < -0.4 is 14.8 Å². The van der Waals surface area contributed by atoms with Gasteiger partial charge >= 0.3 is 5.97 Å². The van der Waals surface area contributed by atoms with Gasteiger partial charge in [-0.05, 0) is 29.8 Å². The Hall–Kier alpha value is -3.59. The summed E-state index contributed by atoms with van der Waals surface area (Å²) >= 11 is 5.72.